The number of anilines is 2. The fraction of sp³-hybridized carbons (Fsp3) is 0.360. The quantitative estimate of drug-likeness (QED) is 0.416. The summed E-state index contributed by atoms with van der Waals surface area (Å²) >= 11 is 0. The Hall–Kier alpha value is -3.92. The van der Waals surface area contributed by atoms with Gasteiger partial charge in [-0.2, -0.15) is 0 Å². The van der Waals surface area contributed by atoms with E-state index in [9.17, 15) is 9.59 Å². The summed E-state index contributed by atoms with van der Waals surface area (Å²) < 4.78 is 6.10. The van der Waals surface area contributed by atoms with Crippen molar-refractivity contribution in [3.63, 3.8) is 0 Å². The Morgan fingerprint density at radius 3 is 2.57 bits per heavy atom. The molecule has 10 nitrogen and oxygen atoms in total. The van der Waals surface area contributed by atoms with E-state index in [0.717, 1.165) is 49.3 Å². The van der Waals surface area contributed by atoms with Gasteiger partial charge in [0.1, 0.15) is 17.9 Å². The second-order valence-electron chi connectivity index (χ2n) is 8.72. The number of imidazole rings is 1. The lowest BCUT2D eigenvalue weighted by molar-refractivity contribution is -0.123. The van der Waals surface area contributed by atoms with Crippen molar-refractivity contribution < 1.29 is 14.3 Å². The van der Waals surface area contributed by atoms with Gasteiger partial charge in [-0.3, -0.25) is 19.9 Å². The summed E-state index contributed by atoms with van der Waals surface area (Å²) in [7, 11) is 0. The van der Waals surface area contributed by atoms with Crippen LogP contribution in [0.1, 0.15) is 19.8 Å². The van der Waals surface area contributed by atoms with Crippen LogP contribution in [0.5, 0.6) is 5.75 Å². The van der Waals surface area contributed by atoms with Crippen LogP contribution < -0.4 is 20.7 Å². The number of carbonyl (C=O) groups excluding carboxylic acids is 2. The van der Waals surface area contributed by atoms with Crippen molar-refractivity contribution in [2.75, 3.05) is 30.3 Å². The molecule has 1 fully saturated rings. The number of hydrogen-bond acceptors (Lipinski definition) is 7. The smallest absolute Gasteiger partial charge is 0.252 e. The average molecular weight is 476 g/mol. The van der Waals surface area contributed by atoms with Crippen LogP contribution in [-0.2, 0) is 9.59 Å². The van der Waals surface area contributed by atoms with Gasteiger partial charge in [0.2, 0.25) is 5.95 Å². The lowest BCUT2D eigenvalue weighted by Gasteiger charge is -2.31. The highest BCUT2D eigenvalue weighted by molar-refractivity contribution is 6.05. The van der Waals surface area contributed by atoms with Gasteiger partial charge in [-0.25, -0.2) is 4.98 Å². The molecule has 0 bridgehead atoms. The van der Waals surface area contributed by atoms with E-state index in [0.29, 0.717) is 11.6 Å². The minimum Gasteiger partial charge on any atom is -0.490 e. The van der Waals surface area contributed by atoms with E-state index in [-0.39, 0.29) is 12.0 Å². The summed E-state index contributed by atoms with van der Waals surface area (Å²) in [6.45, 7) is 5.35. The molecular weight excluding hydrogens is 446 g/mol. The second-order valence-corrected chi connectivity index (χ2v) is 8.72. The predicted molar refractivity (Wildman–Crippen MR) is 135 cm³/mol. The Balaban J connectivity index is 1.16. The molecular formula is C25H29N7O3. The van der Waals surface area contributed by atoms with Crippen molar-refractivity contribution in [1.82, 2.24) is 20.2 Å². The van der Waals surface area contributed by atoms with Crippen LogP contribution >= 0.6 is 0 Å². The number of hydrogen-bond donors (Lipinski definition) is 4. The van der Waals surface area contributed by atoms with Gasteiger partial charge in [-0.15, -0.1) is 0 Å². The average Bonchev–Trinajstić information content (AvgIpc) is 3.53. The molecule has 182 valence electrons. The number of H-pyrrole nitrogens is 1. The monoisotopic (exact) mass is 475 g/mol. The van der Waals surface area contributed by atoms with Gasteiger partial charge in [-0.05, 0) is 55.8 Å². The number of aliphatic imine (C=N–C) groups is 1. The Bertz CT molecular complexity index is 1180. The topological polar surface area (TPSA) is 124 Å². The zero-order chi connectivity index (χ0) is 24.2. The van der Waals surface area contributed by atoms with E-state index < -0.39 is 18.0 Å². The predicted octanol–water partition coefficient (Wildman–Crippen LogP) is 2.37. The summed E-state index contributed by atoms with van der Waals surface area (Å²) in [6, 6.07) is 13.0. The van der Waals surface area contributed by atoms with Gasteiger partial charge in [0, 0.05) is 18.8 Å². The minimum absolute atomic E-state index is 0.211. The summed E-state index contributed by atoms with van der Waals surface area (Å²) in [4.78, 5) is 39.7. The Morgan fingerprint density at radius 2 is 1.83 bits per heavy atom. The van der Waals surface area contributed by atoms with Gasteiger partial charge in [-0.1, -0.05) is 19.1 Å². The molecule has 1 saturated heterocycles. The first-order valence-electron chi connectivity index (χ1n) is 11.9. The molecule has 2 aliphatic heterocycles. The molecule has 4 N–H and O–H groups in total. The van der Waals surface area contributed by atoms with Crippen molar-refractivity contribution in [2.45, 2.75) is 38.0 Å². The lowest BCUT2D eigenvalue weighted by atomic mass is 10.1. The molecule has 0 radical (unpaired) electrons. The third-order valence-electron chi connectivity index (χ3n) is 6.39. The number of para-hydroxylation sites is 2. The maximum Gasteiger partial charge on any atom is 0.252 e. The van der Waals surface area contributed by atoms with Crippen molar-refractivity contribution in [3.05, 3.63) is 48.5 Å². The first-order valence-corrected chi connectivity index (χ1v) is 11.9. The first kappa shape index (κ1) is 22.9. The number of benzene rings is 2. The van der Waals surface area contributed by atoms with Crippen LogP contribution in [0.4, 0.5) is 11.6 Å². The van der Waals surface area contributed by atoms with E-state index in [4.69, 9.17) is 4.74 Å². The van der Waals surface area contributed by atoms with Gasteiger partial charge in [0.15, 0.2) is 6.04 Å². The molecule has 2 atom stereocenters. The Kier molecular flexibility index (Phi) is 6.62. The zero-order valence-corrected chi connectivity index (χ0v) is 19.5. The van der Waals surface area contributed by atoms with Crippen molar-refractivity contribution in [3.8, 4) is 5.75 Å². The van der Waals surface area contributed by atoms with E-state index in [2.05, 4.69) is 42.7 Å². The number of carbonyl (C=O) groups is 2. The molecule has 2 unspecified atom stereocenters. The van der Waals surface area contributed by atoms with Crippen LogP contribution in [0.2, 0.25) is 0 Å². The molecule has 1 aromatic heterocycles. The second kappa shape index (κ2) is 10.1. The maximum absolute atomic E-state index is 12.9. The van der Waals surface area contributed by atoms with E-state index >= 15 is 0 Å². The van der Waals surface area contributed by atoms with Gasteiger partial charge in [0.05, 0.1) is 17.4 Å². The number of nitrogens with zero attached hydrogens (tertiary/aromatic N) is 3. The van der Waals surface area contributed by atoms with Crippen LogP contribution in [0.3, 0.4) is 0 Å². The number of amides is 2. The largest absolute Gasteiger partial charge is 0.490 e. The number of aromatic nitrogens is 2. The van der Waals surface area contributed by atoms with Gasteiger partial charge in [0.25, 0.3) is 11.8 Å². The normalized spacial score (nSPS) is 20.5. The number of rotatable bonds is 7. The molecule has 5 rings (SSSR count). The van der Waals surface area contributed by atoms with Crippen LogP contribution in [0.25, 0.3) is 11.0 Å². The first-order chi connectivity index (χ1) is 17.1. The third kappa shape index (κ3) is 5.27. The summed E-state index contributed by atoms with van der Waals surface area (Å²) in [6.07, 6.45) is 3.61. The Morgan fingerprint density at radius 1 is 1.06 bits per heavy atom. The molecule has 3 heterocycles. The molecule has 3 aromatic rings. The van der Waals surface area contributed by atoms with E-state index in [1.807, 2.05) is 36.4 Å². The Labute approximate surface area is 203 Å². The summed E-state index contributed by atoms with van der Waals surface area (Å²) in [5.41, 5.74) is 2.17. The highest BCUT2D eigenvalue weighted by atomic mass is 16.5. The highest BCUT2D eigenvalue weighted by Gasteiger charge is 2.36. The number of nitrogens with one attached hydrogen (secondary N) is 4. The SMILES string of the molecule is CCN1CCC(Oc2ccc(NC(=O)C3N=CNC3C(=O)Nc3nc4ccccc4[nH]3)cc2)CC1. The van der Waals surface area contributed by atoms with Crippen LogP contribution in [0, 0.1) is 0 Å². The highest BCUT2D eigenvalue weighted by Crippen LogP contribution is 2.22. The number of aromatic amines is 1. The fourth-order valence-electron chi connectivity index (χ4n) is 4.39. The van der Waals surface area contributed by atoms with Crippen LogP contribution in [-0.4, -0.2) is 70.8 Å². The minimum atomic E-state index is -0.904. The van der Waals surface area contributed by atoms with E-state index in [1.54, 1.807) is 12.1 Å². The summed E-state index contributed by atoms with van der Waals surface area (Å²) in [5, 5.41) is 8.43. The van der Waals surface area contributed by atoms with Gasteiger partial charge < -0.3 is 25.3 Å². The number of fused-ring (bicyclic) bond motifs is 1. The molecule has 2 aliphatic rings. The van der Waals surface area contributed by atoms with Crippen molar-refractivity contribution in [1.29, 1.82) is 0 Å². The lowest BCUT2D eigenvalue weighted by Crippen LogP contribution is -2.48. The number of likely N-dealkylation sites (tertiary alicyclic amines) is 1. The van der Waals surface area contributed by atoms with Crippen molar-refractivity contribution in [2.24, 2.45) is 4.99 Å². The third-order valence-corrected chi connectivity index (χ3v) is 6.39. The zero-order valence-electron chi connectivity index (χ0n) is 19.5. The molecule has 2 aromatic carbocycles. The molecule has 0 spiro atoms. The van der Waals surface area contributed by atoms with Crippen LogP contribution in [0.15, 0.2) is 53.5 Å². The molecule has 0 saturated carbocycles. The van der Waals surface area contributed by atoms with Crippen molar-refractivity contribution >= 4 is 40.8 Å². The molecule has 2 amide bonds. The fourth-order valence-corrected chi connectivity index (χ4v) is 4.39. The maximum atomic E-state index is 12.9. The molecule has 35 heavy (non-hydrogen) atoms. The molecule has 10 heteroatoms. The standard InChI is InChI=1S/C25H29N7O3/c1-2-32-13-11-18(12-14-32)35-17-9-7-16(8-10-17)28-23(33)21-22(27-15-26-21)24(34)31-25-29-19-5-3-4-6-20(19)30-25/h3-10,15,18,21-22H,2,11-14H2,1H3,(H,26,27)(H,28,33)(H2,29,30,31,34). The van der Waals surface area contributed by atoms with Gasteiger partial charge >= 0.3 is 0 Å². The van der Waals surface area contributed by atoms with E-state index in [1.165, 1.54) is 6.34 Å². The summed E-state index contributed by atoms with van der Waals surface area (Å²) in [5.74, 6) is 0.317. The number of ether oxygens (including phenoxy) is 1. The molecule has 0 aliphatic carbocycles. The number of piperidine rings is 1.